The van der Waals surface area contributed by atoms with Crippen LogP contribution in [0.1, 0.15) is 77.2 Å². The van der Waals surface area contributed by atoms with Crippen LogP contribution in [-0.4, -0.2) is 54.2 Å². The van der Waals surface area contributed by atoms with Gasteiger partial charge in [0.05, 0.1) is 4.47 Å². The monoisotopic (exact) mass is 534 g/mol. The summed E-state index contributed by atoms with van der Waals surface area (Å²) in [6.45, 7) is 10.4. The van der Waals surface area contributed by atoms with Crippen molar-refractivity contribution >= 4 is 32.7 Å². The second kappa shape index (κ2) is 11.1. The van der Waals surface area contributed by atoms with Gasteiger partial charge in [0.15, 0.2) is 5.82 Å². The molecule has 0 radical (unpaired) electrons. The molecule has 34 heavy (non-hydrogen) atoms. The van der Waals surface area contributed by atoms with Crippen molar-refractivity contribution in [1.29, 1.82) is 0 Å². The highest BCUT2D eigenvalue weighted by molar-refractivity contribution is 9.10. The second-order valence-corrected chi connectivity index (χ2v) is 11.3. The summed E-state index contributed by atoms with van der Waals surface area (Å²) in [5.74, 6) is 0.493. The Hall–Kier alpha value is -1.47. The van der Waals surface area contributed by atoms with Crippen molar-refractivity contribution in [3.8, 4) is 6.01 Å². The van der Waals surface area contributed by atoms with Gasteiger partial charge in [-0.3, -0.25) is 0 Å². The lowest BCUT2D eigenvalue weighted by Crippen LogP contribution is -2.40. The highest BCUT2D eigenvalue weighted by atomic mass is 79.9. The van der Waals surface area contributed by atoms with Crippen LogP contribution in [0.25, 0.3) is 10.9 Å². The number of anilines is 1. The van der Waals surface area contributed by atoms with Gasteiger partial charge in [0.2, 0.25) is 0 Å². The molecule has 2 fully saturated rings. The normalized spacial score (nSPS) is 19.6. The maximum Gasteiger partial charge on any atom is 0.319 e. The van der Waals surface area contributed by atoms with E-state index in [4.69, 9.17) is 9.72 Å². The van der Waals surface area contributed by atoms with Crippen molar-refractivity contribution in [1.82, 2.24) is 14.9 Å². The van der Waals surface area contributed by atoms with Crippen LogP contribution in [0.2, 0.25) is 0 Å². The van der Waals surface area contributed by atoms with Crippen LogP contribution in [0.4, 0.5) is 10.2 Å². The minimum atomic E-state index is -0.327. The average molecular weight is 536 g/mol. The minimum absolute atomic E-state index is 0.0751. The third-order valence-electron chi connectivity index (χ3n) is 8.13. The molecule has 2 aliphatic rings. The van der Waals surface area contributed by atoms with E-state index in [9.17, 15) is 0 Å². The van der Waals surface area contributed by atoms with Crippen molar-refractivity contribution in [3.05, 3.63) is 21.9 Å². The Morgan fingerprint density at radius 2 is 1.82 bits per heavy atom. The molecule has 5 nitrogen and oxygen atoms in total. The summed E-state index contributed by atoms with van der Waals surface area (Å²) in [5.41, 5.74) is 1.63. The summed E-state index contributed by atoms with van der Waals surface area (Å²) < 4.78 is 22.1. The Morgan fingerprint density at radius 1 is 1.12 bits per heavy atom. The van der Waals surface area contributed by atoms with Crippen molar-refractivity contribution < 1.29 is 9.13 Å². The molecule has 0 amide bonds. The van der Waals surface area contributed by atoms with Gasteiger partial charge in [0.25, 0.3) is 0 Å². The molecule has 0 spiro atoms. The minimum Gasteiger partial charge on any atom is -0.460 e. The number of nitrogens with zero attached hydrogens (tertiary/aromatic N) is 4. The Morgan fingerprint density at radius 3 is 2.47 bits per heavy atom. The third kappa shape index (κ3) is 5.51. The topological polar surface area (TPSA) is 41.5 Å². The van der Waals surface area contributed by atoms with Gasteiger partial charge in [0.1, 0.15) is 17.4 Å². The number of aromatic nitrogens is 2. The van der Waals surface area contributed by atoms with Crippen LogP contribution in [0.15, 0.2) is 10.5 Å². The molecule has 2 saturated heterocycles. The first-order valence-electron chi connectivity index (χ1n) is 13.1. The summed E-state index contributed by atoms with van der Waals surface area (Å²) in [6.07, 6.45) is 10.7. The van der Waals surface area contributed by atoms with Gasteiger partial charge in [-0.1, -0.05) is 39.5 Å². The maximum absolute atomic E-state index is 15.3. The molecule has 1 aromatic carbocycles. The molecule has 3 heterocycles. The number of benzene rings is 1. The highest BCUT2D eigenvalue weighted by Gasteiger charge is 2.34. The number of halogens is 2. The Kier molecular flexibility index (Phi) is 8.34. The van der Waals surface area contributed by atoms with Gasteiger partial charge in [-0.15, -0.1) is 0 Å². The van der Waals surface area contributed by atoms with E-state index in [0.29, 0.717) is 21.4 Å². The summed E-state index contributed by atoms with van der Waals surface area (Å²) in [6, 6.07) is 2.32. The van der Waals surface area contributed by atoms with Gasteiger partial charge >= 0.3 is 6.01 Å². The zero-order valence-electron chi connectivity index (χ0n) is 21.3. The zero-order chi connectivity index (χ0) is 24.3. The molecule has 0 unspecified atom stereocenters. The molecule has 0 N–H and O–H groups in total. The number of aryl methyl sites for hydroxylation is 1. The van der Waals surface area contributed by atoms with Gasteiger partial charge in [-0.2, -0.15) is 9.97 Å². The second-order valence-electron chi connectivity index (χ2n) is 10.5. The molecule has 0 saturated carbocycles. The number of unbranched alkanes of at least 4 members (excludes halogenated alkanes) is 2. The van der Waals surface area contributed by atoms with E-state index in [1.807, 2.05) is 13.0 Å². The summed E-state index contributed by atoms with van der Waals surface area (Å²) in [4.78, 5) is 14.1. The molecule has 1 aromatic heterocycles. The van der Waals surface area contributed by atoms with E-state index in [2.05, 4.69) is 51.6 Å². The largest absolute Gasteiger partial charge is 0.460 e. The molecule has 2 aliphatic heterocycles. The molecule has 0 atom stereocenters. The Labute approximate surface area is 212 Å². The van der Waals surface area contributed by atoms with Crippen LogP contribution in [0, 0.1) is 18.2 Å². The number of ether oxygens (including phenoxy) is 1. The van der Waals surface area contributed by atoms with Crippen LogP contribution in [-0.2, 0) is 0 Å². The number of rotatable bonds is 8. The maximum atomic E-state index is 15.3. The number of likely N-dealkylation sites (tertiary alicyclic amines) is 1. The van der Waals surface area contributed by atoms with Crippen molar-refractivity contribution in [2.24, 2.45) is 5.41 Å². The van der Waals surface area contributed by atoms with Gasteiger partial charge < -0.3 is 14.5 Å². The molecule has 4 rings (SSSR count). The summed E-state index contributed by atoms with van der Waals surface area (Å²) in [7, 11) is 2.13. The fraction of sp³-hybridized carbons (Fsp3) is 0.704. The van der Waals surface area contributed by atoms with Gasteiger partial charge in [0, 0.05) is 31.6 Å². The van der Waals surface area contributed by atoms with E-state index in [1.54, 1.807) is 0 Å². The molecule has 0 bridgehead atoms. The van der Waals surface area contributed by atoms with E-state index >= 15 is 4.39 Å². The number of piperidine rings is 2. The quantitative estimate of drug-likeness (QED) is 0.345. The first-order valence-corrected chi connectivity index (χ1v) is 13.9. The number of hydrogen-bond donors (Lipinski definition) is 0. The molecule has 188 valence electrons. The lowest BCUT2D eigenvalue weighted by atomic mass is 9.72. The van der Waals surface area contributed by atoms with Crippen LogP contribution < -0.4 is 9.64 Å². The fourth-order valence-corrected chi connectivity index (χ4v) is 5.87. The van der Waals surface area contributed by atoms with Crippen LogP contribution in [0.3, 0.4) is 0 Å². The lowest BCUT2D eigenvalue weighted by molar-refractivity contribution is 0.105. The highest BCUT2D eigenvalue weighted by Crippen LogP contribution is 2.42. The predicted molar refractivity (Wildman–Crippen MR) is 141 cm³/mol. The van der Waals surface area contributed by atoms with E-state index in [0.717, 1.165) is 68.6 Å². The zero-order valence-corrected chi connectivity index (χ0v) is 22.9. The standard InChI is InChI=1S/C27H40BrFN4O/c1-5-7-8-11-27(6-2)12-16-33(17-13-27)25-21-18-19(3)22(28)23(29)24(21)30-26(31-25)34-20-9-14-32(4)15-10-20/h18,20H,5-17H2,1-4H3. The van der Waals surface area contributed by atoms with Gasteiger partial charge in [-0.05, 0) is 79.1 Å². The molecule has 0 aliphatic carbocycles. The van der Waals surface area contributed by atoms with Crippen molar-refractivity contribution in [2.75, 3.05) is 38.1 Å². The van der Waals surface area contributed by atoms with Crippen LogP contribution in [0.5, 0.6) is 6.01 Å². The summed E-state index contributed by atoms with van der Waals surface area (Å²) in [5, 5.41) is 0.781. The van der Waals surface area contributed by atoms with Gasteiger partial charge in [-0.25, -0.2) is 4.39 Å². The van der Waals surface area contributed by atoms with E-state index in [1.165, 1.54) is 32.1 Å². The van der Waals surface area contributed by atoms with E-state index < -0.39 is 0 Å². The van der Waals surface area contributed by atoms with Crippen LogP contribution >= 0.6 is 15.9 Å². The molecular weight excluding hydrogens is 495 g/mol. The fourth-order valence-electron chi connectivity index (χ4n) is 5.56. The average Bonchev–Trinajstić information content (AvgIpc) is 2.85. The Bertz CT molecular complexity index is 984. The third-order valence-corrected chi connectivity index (χ3v) is 9.11. The smallest absolute Gasteiger partial charge is 0.319 e. The molecular formula is C27H40BrFN4O. The predicted octanol–water partition coefficient (Wildman–Crippen LogP) is 6.89. The molecule has 7 heteroatoms. The van der Waals surface area contributed by atoms with Crippen molar-refractivity contribution in [2.45, 2.75) is 84.7 Å². The SMILES string of the molecule is CCCCCC1(CC)CCN(c2nc(OC3CCN(C)CC3)nc3c(F)c(Br)c(C)cc23)CC1. The Balaban J connectivity index is 1.63. The number of hydrogen-bond acceptors (Lipinski definition) is 5. The van der Waals surface area contributed by atoms with Crippen molar-refractivity contribution in [3.63, 3.8) is 0 Å². The lowest BCUT2D eigenvalue weighted by Gasteiger charge is -2.42. The first kappa shape index (κ1) is 25.6. The first-order chi connectivity index (χ1) is 16.4. The number of fused-ring (bicyclic) bond motifs is 1. The molecule has 2 aromatic rings. The van der Waals surface area contributed by atoms with E-state index in [-0.39, 0.29) is 11.9 Å². The summed E-state index contributed by atoms with van der Waals surface area (Å²) >= 11 is 3.41.